The second kappa shape index (κ2) is 7.11. The lowest BCUT2D eigenvalue weighted by Gasteiger charge is -2.07. The maximum atomic E-state index is 12.7. The molecular formula is C19H20N2O3S. The van der Waals surface area contributed by atoms with Crippen LogP contribution in [-0.2, 0) is 13.1 Å². The van der Waals surface area contributed by atoms with E-state index in [0.717, 1.165) is 20.9 Å². The van der Waals surface area contributed by atoms with Crippen LogP contribution in [-0.4, -0.2) is 17.6 Å². The predicted molar refractivity (Wildman–Crippen MR) is 101 cm³/mol. The molecule has 0 aliphatic rings. The number of methoxy groups -OCH3 is 1. The number of nitrogens with one attached hydrogen (secondary N) is 1. The van der Waals surface area contributed by atoms with E-state index in [4.69, 9.17) is 4.74 Å². The molecule has 0 radical (unpaired) electrons. The van der Waals surface area contributed by atoms with Crippen LogP contribution in [0.25, 0.3) is 10.1 Å². The van der Waals surface area contributed by atoms with E-state index in [2.05, 4.69) is 5.32 Å². The fourth-order valence-corrected chi connectivity index (χ4v) is 3.85. The summed E-state index contributed by atoms with van der Waals surface area (Å²) in [7, 11) is 1.62. The molecule has 0 fully saturated rings. The Kier molecular flexibility index (Phi) is 4.90. The summed E-state index contributed by atoms with van der Waals surface area (Å²) in [6, 6.07) is 9.42. The fraction of sp³-hybridized carbons (Fsp3) is 0.263. The smallest absolute Gasteiger partial charge is 0.260 e. The summed E-state index contributed by atoms with van der Waals surface area (Å²) in [6.07, 6.45) is 1.78. The second-order valence-corrected chi connectivity index (χ2v) is 6.97. The first-order valence-electron chi connectivity index (χ1n) is 8.08. The first-order valence-corrected chi connectivity index (χ1v) is 8.90. The van der Waals surface area contributed by atoms with Crippen molar-refractivity contribution in [2.24, 2.45) is 0 Å². The Bertz CT molecular complexity index is 971. The molecular weight excluding hydrogens is 336 g/mol. The molecule has 0 bridgehead atoms. The maximum absolute atomic E-state index is 12.7. The Morgan fingerprint density at radius 3 is 2.60 bits per heavy atom. The van der Waals surface area contributed by atoms with Crippen molar-refractivity contribution in [3.05, 3.63) is 62.9 Å². The third-order valence-electron chi connectivity index (χ3n) is 4.17. The van der Waals surface area contributed by atoms with Crippen LogP contribution in [0.15, 0.2) is 41.3 Å². The number of amides is 1. The highest BCUT2D eigenvalue weighted by Crippen LogP contribution is 2.28. The molecule has 2 aromatic heterocycles. The molecule has 0 unspecified atom stereocenters. The molecule has 5 nitrogen and oxygen atoms in total. The minimum Gasteiger partial charge on any atom is -0.497 e. The van der Waals surface area contributed by atoms with E-state index in [9.17, 15) is 9.59 Å². The van der Waals surface area contributed by atoms with E-state index in [-0.39, 0.29) is 11.5 Å². The average molecular weight is 356 g/mol. The van der Waals surface area contributed by atoms with Crippen molar-refractivity contribution in [1.82, 2.24) is 9.88 Å². The molecule has 130 valence electrons. The van der Waals surface area contributed by atoms with E-state index < -0.39 is 0 Å². The van der Waals surface area contributed by atoms with Gasteiger partial charge in [-0.3, -0.25) is 9.59 Å². The highest BCUT2D eigenvalue weighted by molar-refractivity contribution is 7.19. The molecule has 0 saturated heterocycles. The largest absolute Gasteiger partial charge is 0.497 e. The van der Waals surface area contributed by atoms with Gasteiger partial charge in [0.15, 0.2) is 0 Å². The van der Waals surface area contributed by atoms with Crippen LogP contribution in [0, 0.1) is 6.92 Å². The summed E-state index contributed by atoms with van der Waals surface area (Å²) in [5.74, 6) is 0.556. The van der Waals surface area contributed by atoms with E-state index in [1.165, 1.54) is 11.3 Å². The lowest BCUT2D eigenvalue weighted by Crippen LogP contribution is -2.26. The van der Waals surface area contributed by atoms with Crippen molar-refractivity contribution >= 4 is 27.3 Å². The number of carbonyl (C=O) groups excluding carboxylic acids is 1. The van der Waals surface area contributed by atoms with E-state index in [1.807, 2.05) is 44.2 Å². The monoisotopic (exact) mass is 356 g/mol. The number of thiophene rings is 1. The van der Waals surface area contributed by atoms with Crippen molar-refractivity contribution in [3.8, 4) is 5.75 Å². The Morgan fingerprint density at radius 2 is 1.96 bits per heavy atom. The minimum atomic E-state index is -0.217. The van der Waals surface area contributed by atoms with Crippen LogP contribution < -0.4 is 15.6 Å². The topological polar surface area (TPSA) is 60.3 Å². The van der Waals surface area contributed by atoms with Gasteiger partial charge in [-0.1, -0.05) is 12.1 Å². The van der Waals surface area contributed by atoms with E-state index in [0.29, 0.717) is 24.0 Å². The first kappa shape index (κ1) is 17.2. The summed E-state index contributed by atoms with van der Waals surface area (Å²) in [6.45, 7) is 4.77. The Hall–Kier alpha value is -2.60. The minimum absolute atomic E-state index is 0.112. The van der Waals surface area contributed by atoms with Crippen LogP contribution in [0.5, 0.6) is 5.75 Å². The molecule has 3 rings (SSSR count). The number of aryl methyl sites for hydroxylation is 2. The molecule has 0 aliphatic carbocycles. The highest BCUT2D eigenvalue weighted by Gasteiger charge is 2.19. The third kappa shape index (κ3) is 3.30. The summed E-state index contributed by atoms with van der Waals surface area (Å²) in [4.78, 5) is 26.2. The van der Waals surface area contributed by atoms with Crippen molar-refractivity contribution in [3.63, 3.8) is 0 Å². The molecule has 2 heterocycles. The van der Waals surface area contributed by atoms with Gasteiger partial charge >= 0.3 is 0 Å². The molecule has 0 spiro atoms. The molecule has 25 heavy (non-hydrogen) atoms. The number of fused-ring (bicyclic) bond motifs is 1. The number of benzene rings is 1. The van der Waals surface area contributed by atoms with Crippen LogP contribution >= 0.6 is 11.3 Å². The van der Waals surface area contributed by atoms with Gasteiger partial charge in [-0.05, 0) is 37.6 Å². The second-order valence-electron chi connectivity index (χ2n) is 5.71. The highest BCUT2D eigenvalue weighted by atomic mass is 32.1. The Balaban J connectivity index is 1.88. The van der Waals surface area contributed by atoms with Crippen molar-refractivity contribution < 1.29 is 9.53 Å². The molecule has 1 aromatic carbocycles. The van der Waals surface area contributed by atoms with Crippen LogP contribution in [0.3, 0.4) is 0 Å². The van der Waals surface area contributed by atoms with Gasteiger partial charge in [0, 0.05) is 28.9 Å². The fourth-order valence-electron chi connectivity index (χ4n) is 2.80. The average Bonchev–Trinajstić information content (AvgIpc) is 2.97. The van der Waals surface area contributed by atoms with Crippen molar-refractivity contribution in [1.29, 1.82) is 0 Å². The number of carbonyl (C=O) groups is 1. The van der Waals surface area contributed by atoms with Gasteiger partial charge in [-0.25, -0.2) is 0 Å². The van der Waals surface area contributed by atoms with E-state index in [1.54, 1.807) is 17.9 Å². The summed E-state index contributed by atoms with van der Waals surface area (Å²) in [5, 5.41) is 3.43. The van der Waals surface area contributed by atoms with Gasteiger partial charge in [0.25, 0.3) is 11.5 Å². The van der Waals surface area contributed by atoms with Crippen LogP contribution in [0.1, 0.15) is 27.7 Å². The zero-order valence-electron chi connectivity index (χ0n) is 14.5. The SMILES string of the molecule is CCn1ccc2sc(C)c(C(=O)NCc3ccc(OC)cc3)c2c1=O. The number of pyridine rings is 1. The molecule has 0 atom stereocenters. The van der Waals surface area contributed by atoms with Crippen LogP contribution in [0.4, 0.5) is 0 Å². The van der Waals surface area contributed by atoms with E-state index >= 15 is 0 Å². The lowest BCUT2D eigenvalue weighted by molar-refractivity contribution is 0.0952. The zero-order chi connectivity index (χ0) is 18.0. The van der Waals surface area contributed by atoms with Crippen molar-refractivity contribution in [2.75, 3.05) is 7.11 Å². The molecule has 6 heteroatoms. The zero-order valence-corrected chi connectivity index (χ0v) is 15.3. The molecule has 0 saturated carbocycles. The lowest BCUT2D eigenvalue weighted by atomic mass is 10.1. The van der Waals surface area contributed by atoms with Gasteiger partial charge in [-0.2, -0.15) is 0 Å². The normalized spacial score (nSPS) is 10.8. The maximum Gasteiger partial charge on any atom is 0.260 e. The Labute approximate surface area is 149 Å². The number of ether oxygens (including phenoxy) is 1. The number of hydrogen-bond donors (Lipinski definition) is 1. The Morgan fingerprint density at radius 1 is 1.24 bits per heavy atom. The van der Waals surface area contributed by atoms with Gasteiger partial charge in [0.05, 0.1) is 18.1 Å². The van der Waals surface area contributed by atoms with Gasteiger partial charge < -0.3 is 14.6 Å². The summed E-state index contributed by atoms with van der Waals surface area (Å²) in [5.41, 5.74) is 1.34. The standard InChI is InChI=1S/C19H20N2O3S/c1-4-21-10-9-15-17(19(21)23)16(12(2)25-15)18(22)20-11-13-5-7-14(24-3)8-6-13/h5-10H,4,11H2,1-3H3,(H,20,22). The van der Waals surface area contributed by atoms with Crippen molar-refractivity contribution in [2.45, 2.75) is 26.9 Å². The summed E-state index contributed by atoms with van der Waals surface area (Å²) >= 11 is 1.48. The van der Waals surface area contributed by atoms with Gasteiger partial charge in [0.1, 0.15) is 5.75 Å². The van der Waals surface area contributed by atoms with Crippen LogP contribution in [0.2, 0.25) is 0 Å². The number of aromatic nitrogens is 1. The summed E-state index contributed by atoms with van der Waals surface area (Å²) < 4.78 is 7.60. The molecule has 0 aliphatic heterocycles. The number of rotatable bonds is 5. The third-order valence-corrected chi connectivity index (χ3v) is 5.24. The van der Waals surface area contributed by atoms with Gasteiger partial charge in [0.2, 0.25) is 0 Å². The molecule has 3 aromatic rings. The number of hydrogen-bond acceptors (Lipinski definition) is 4. The predicted octanol–water partition coefficient (Wildman–Crippen LogP) is 3.33. The first-order chi connectivity index (χ1) is 12.0. The molecule has 1 N–H and O–H groups in total. The van der Waals surface area contributed by atoms with Gasteiger partial charge in [-0.15, -0.1) is 11.3 Å². The number of nitrogens with zero attached hydrogens (tertiary/aromatic N) is 1. The molecule has 1 amide bonds. The quantitative estimate of drug-likeness (QED) is 0.763.